The topological polar surface area (TPSA) is 444 Å². The summed E-state index contributed by atoms with van der Waals surface area (Å²) in [6.07, 6.45) is 1.70. The van der Waals surface area contributed by atoms with Crippen LogP contribution in [0.15, 0.2) is 82.8 Å². The fourth-order valence-electron chi connectivity index (χ4n) is 9.55. The molecule has 2 amide bonds. The molecule has 2 aromatic heterocycles. The minimum absolute atomic E-state index is 0.0410. The number of nitrogens with two attached hydrogens (primary N) is 1. The van der Waals surface area contributed by atoms with Crippen LogP contribution in [0.25, 0.3) is 11.2 Å². The van der Waals surface area contributed by atoms with Crippen molar-refractivity contribution in [3.05, 3.63) is 84.1 Å². The maximum Gasteiger partial charge on any atom is 0.490 e. The number of carbonyl (C=O) groups excluding carboxylic acids is 2. The number of allylic oxidation sites excluding steroid dienone is 4. The maximum atomic E-state index is 13.0. The number of anilines is 2. The van der Waals surface area contributed by atoms with Gasteiger partial charge in [-0.25, -0.2) is 41.9 Å². The number of benzene rings is 2. The number of aromatic nitrogens is 4. The Labute approximate surface area is 452 Å². The molecule has 4 aromatic rings. The number of carbonyl (C=O) groups is 2. The van der Waals surface area contributed by atoms with Crippen LogP contribution < -0.4 is 21.3 Å². The van der Waals surface area contributed by atoms with E-state index in [1.165, 1.54) is 28.8 Å². The van der Waals surface area contributed by atoms with Crippen molar-refractivity contribution in [2.45, 2.75) is 105 Å². The lowest BCUT2D eigenvalue weighted by molar-refractivity contribution is -0.438. The van der Waals surface area contributed by atoms with Gasteiger partial charge in [-0.15, -0.1) is 0 Å². The average molecular weight is 1210 g/mol. The number of ether oxygens (including phenoxy) is 2. The number of hydrogen-bond acceptors (Lipinski definition) is 21. The van der Waals surface area contributed by atoms with Crippen molar-refractivity contribution in [1.29, 1.82) is 0 Å². The van der Waals surface area contributed by atoms with Crippen LogP contribution in [0.2, 0.25) is 0 Å². The number of phosphoric acid groups is 3. The first-order valence-corrected chi connectivity index (χ1v) is 31.3. The van der Waals surface area contributed by atoms with Gasteiger partial charge in [-0.05, 0) is 75.6 Å². The van der Waals surface area contributed by atoms with Crippen LogP contribution in [0.4, 0.5) is 22.0 Å². The molecule has 432 valence electrons. The summed E-state index contributed by atoms with van der Waals surface area (Å²) in [6, 6.07) is 8.71. The Bertz CT molecular complexity index is 3510. The highest BCUT2D eigenvalue weighted by Crippen LogP contribution is 2.66. The number of nitrogen functional groups attached to an aromatic ring is 1. The number of aliphatic hydroxyl groups is 1. The molecular formula is C44H58N9O21P3S2. The van der Waals surface area contributed by atoms with Crippen LogP contribution in [0.1, 0.15) is 77.7 Å². The van der Waals surface area contributed by atoms with Gasteiger partial charge in [0.15, 0.2) is 29.5 Å². The number of alkyl carbamates (subject to hydrolysis) is 1. The Balaban J connectivity index is 0.952. The molecule has 6 atom stereocenters. The number of likely N-dealkylation sites (N-methyl/N-ethyl adjacent to an activating group) is 1. The molecule has 0 aliphatic carbocycles. The molecule has 1 saturated heterocycles. The zero-order valence-corrected chi connectivity index (χ0v) is 47.1. The molecule has 0 bridgehead atoms. The largest absolute Gasteiger partial charge is 0.744 e. The fourth-order valence-corrected chi connectivity index (χ4v) is 13.6. The van der Waals surface area contributed by atoms with Gasteiger partial charge in [-0.3, -0.25) is 18.4 Å². The summed E-state index contributed by atoms with van der Waals surface area (Å²) >= 11 is 0. The number of amides is 2. The molecule has 0 saturated carbocycles. The van der Waals surface area contributed by atoms with Crippen molar-refractivity contribution in [3.8, 4) is 0 Å². The molecular weight excluding hydrogens is 1150 g/mol. The first kappa shape index (κ1) is 61.3. The first-order chi connectivity index (χ1) is 36.6. The Hall–Kier alpha value is -5.37. The van der Waals surface area contributed by atoms with Gasteiger partial charge in [0.1, 0.15) is 40.7 Å². The number of nitrogens with zero attached hydrogens (tertiary/aromatic N) is 6. The Morgan fingerprint density at radius 1 is 0.911 bits per heavy atom. The Morgan fingerprint density at radius 3 is 2.27 bits per heavy atom. The van der Waals surface area contributed by atoms with E-state index in [-0.39, 0.29) is 52.2 Å². The Kier molecular flexibility index (Phi) is 18.0. The predicted octanol–water partition coefficient (Wildman–Crippen LogP) is 3.27. The number of fused-ring (bicyclic) bond motifs is 3. The van der Waals surface area contributed by atoms with Crippen molar-refractivity contribution in [2.24, 2.45) is 0 Å². The van der Waals surface area contributed by atoms with E-state index in [4.69, 9.17) is 29.5 Å². The molecule has 35 heteroatoms. The minimum atomic E-state index is -5.91. The van der Waals surface area contributed by atoms with E-state index in [1.807, 2.05) is 62.3 Å². The lowest BCUT2D eigenvalue weighted by atomic mass is 9.81. The molecule has 3 aliphatic heterocycles. The lowest BCUT2D eigenvalue weighted by Gasteiger charge is -2.25. The summed E-state index contributed by atoms with van der Waals surface area (Å²) in [5.41, 5.74) is 8.97. The van der Waals surface area contributed by atoms with Crippen LogP contribution in [0.3, 0.4) is 0 Å². The number of rotatable bonds is 23. The molecule has 3 aliphatic rings. The van der Waals surface area contributed by atoms with Crippen LogP contribution >= 0.6 is 23.5 Å². The summed E-state index contributed by atoms with van der Waals surface area (Å²) in [4.78, 5) is 76.6. The number of hydrogen-bond donors (Lipinski definition) is 9. The summed E-state index contributed by atoms with van der Waals surface area (Å²) < 4.78 is 132. The van der Waals surface area contributed by atoms with E-state index in [2.05, 4.69) is 34.2 Å². The van der Waals surface area contributed by atoms with Crippen LogP contribution in [-0.2, 0) is 72.2 Å². The highest BCUT2D eigenvalue weighted by atomic mass is 32.2. The van der Waals surface area contributed by atoms with Gasteiger partial charge in [0.2, 0.25) is 11.6 Å². The SMILES string of the molecule is CCN1/C(=C/C=C/C2=[N+](CCCCCC(=O)NCCNC(=O)OC3C(O)[C@H](n4cnc5c(N)ncnc54)O[C@@H]3COP(=O)(O)OP(=O)(O)OP(=O)(O)O)c3ccc(S(=O)(=O)O)cc3C2(C)C)C(C)(C)c2cc(S(=O)(=O)[O-])ccc21. The van der Waals surface area contributed by atoms with E-state index in [1.54, 1.807) is 12.1 Å². The number of phosphoric ester groups is 1. The molecule has 10 N–H and O–H groups in total. The van der Waals surface area contributed by atoms with E-state index in [9.17, 15) is 64.1 Å². The second-order valence-electron chi connectivity index (χ2n) is 19.2. The highest BCUT2D eigenvalue weighted by molar-refractivity contribution is 7.86. The van der Waals surface area contributed by atoms with Gasteiger partial charge >= 0.3 is 29.6 Å². The molecule has 79 heavy (non-hydrogen) atoms. The summed E-state index contributed by atoms with van der Waals surface area (Å²) in [5, 5.41) is 16.4. The van der Waals surface area contributed by atoms with Crippen LogP contribution in [0.5, 0.6) is 0 Å². The van der Waals surface area contributed by atoms with Gasteiger partial charge in [-0.1, -0.05) is 19.9 Å². The number of unbranched alkanes of at least 4 members (excludes halogenated alkanes) is 2. The molecule has 0 spiro atoms. The first-order valence-electron chi connectivity index (χ1n) is 23.9. The molecule has 5 heterocycles. The molecule has 7 rings (SSSR count). The molecule has 30 nitrogen and oxygen atoms in total. The predicted molar refractivity (Wildman–Crippen MR) is 276 cm³/mol. The maximum absolute atomic E-state index is 13.0. The zero-order chi connectivity index (χ0) is 58.3. The summed E-state index contributed by atoms with van der Waals surface area (Å²) in [5.74, 6) is -0.410. The van der Waals surface area contributed by atoms with Crippen molar-refractivity contribution in [1.82, 2.24) is 30.2 Å². The number of imidazole rings is 1. The standard InChI is InChI=1S/C44H58N9O21P3S2/c1-6-51-30-16-14-26(78(64,65)66)21-28(30)43(2,3)33(51)11-10-12-34-44(4,5)29-22-27(79(67,68)69)15-17-31(29)52(34)20-9-7-8-13-35(54)46-18-19-47-42(56)72-38-32(23-70-76(60,61)74-77(62,63)73-75(57,58)59)71-41(37(38)55)53-25-50-36-39(45)48-24-49-40(36)53/h10-12,14-17,21-22,24-25,32,37-38,41,55H,6-9,13,18-20,23H2,1-5H3,(H9-,45,46,47,48,49,54,56,57,58,59,60,61,62,63,64,65,66,67,68,69)/t32-,37?,38?,41-/m1/s1. The van der Waals surface area contributed by atoms with Gasteiger partial charge < -0.3 is 60.0 Å². The van der Waals surface area contributed by atoms with E-state index in [0.29, 0.717) is 49.2 Å². The normalized spacial score (nSPS) is 22.0. The van der Waals surface area contributed by atoms with Crippen molar-refractivity contribution >= 4 is 89.8 Å². The van der Waals surface area contributed by atoms with Crippen molar-refractivity contribution < 1.29 is 101 Å². The molecule has 2 aromatic carbocycles. The quantitative estimate of drug-likeness (QED) is 0.0223. The fraction of sp³-hybridized carbons (Fsp3) is 0.455. The van der Waals surface area contributed by atoms with Gasteiger partial charge in [0.05, 0.1) is 28.1 Å². The minimum Gasteiger partial charge on any atom is -0.744 e. The zero-order valence-electron chi connectivity index (χ0n) is 42.7. The summed E-state index contributed by atoms with van der Waals surface area (Å²) in [7, 11) is -26.6. The van der Waals surface area contributed by atoms with Crippen molar-refractivity contribution in [3.63, 3.8) is 0 Å². The lowest BCUT2D eigenvalue weighted by Crippen LogP contribution is -2.42. The Morgan fingerprint density at radius 2 is 1.59 bits per heavy atom. The molecule has 0 radical (unpaired) electrons. The smallest absolute Gasteiger partial charge is 0.490 e. The second kappa shape index (κ2) is 23.2. The van der Waals surface area contributed by atoms with Crippen LogP contribution in [-0.4, -0.2) is 144 Å². The monoisotopic (exact) mass is 1210 g/mol. The van der Waals surface area contributed by atoms with E-state index < -0.39 is 91.8 Å². The van der Waals surface area contributed by atoms with Gasteiger partial charge in [0.25, 0.3) is 10.1 Å². The average Bonchev–Trinajstić information content (AvgIpc) is 4.06. The summed E-state index contributed by atoms with van der Waals surface area (Å²) in [6.45, 7) is 9.22. The third kappa shape index (κ3) is 14.0. The number of aliphatic hydroxyl groups excluding tert-OH is 1. The van der Waals surface area contributed by atoms with Gasteiger partial charge in [-0.2, -0.15) is 21.6 Å². The van der Waals surface area contributed by atoms with Gasteiger partial charge in [0, 0.05) is 67.0 Å². The highest BCUT2D eigenvalue weighted by Gasteiger charge is 2.50. The third-order valence-electron chi connectivity index (χ3n) is 13.2. The second-order valence-corrected chi connectivity index (χ2v) is 26.4. The third-order valence-corrected chi connectivity index (χ3v) is 18.7. The van der Waals surface area contributed by atoms with Crippen molar-refractivity contribution in [2.75, 3.05) is 43.4 Å². The number of nitrogens with one attached hydrogen (secondary N) is 2. The molecule has 4 unspecified atom stereocenters. The van der Waals surface area contributed by atoms with Crippen LogP contribution in [0, 0.1) is 0 Å². The van der Waals surface area contributed by atoms with E-state index in [0.717, 1.165) is 29.8 Å². The molecule has 1 fully saturated rings. The van der Waals surface area contributed by atoms with E-state index >= 15 is 0 Å².